The lowest BCUT2D eigenvalue weighted by molar-refractivity contribution is -0.125. The molecule has 0 unspecified atom stereocenters. The zero-order valence-electron chi connectivity index (χ0n) is 20.5. The molecule has 182 valence electrons. The minimum Gasteiger partial charge on any atom is -0.497 e. The van der Waals surface area contributed by atoms with Crippen LogP contribution < -0.4 is 15.4 Å². The highest BCUT2D eigenvalue weighted by atomic mass is 16.5. The number of hydrogen-bond donors (Lipinski definition) is 2. The number of benzene rings is 2. The van der Waals surface area contributed by atoms with E-state index in [1.54, 1.807) is 48.4 Å². The van der Waals surface area contributed by atoms with E-state index in [0.717, 1.165) is 12.0 Å². The van der Waals surface area contributed by atoms with Gasteiger partial charge in [-0.1, -0.05) is 30.7 Å². The lowest BCUT2D eigenvalue weighted by Crippen LogP contribution is -2.55. The summed E-state index contributed by atoms with van der Waals surface area (Å²) in [6.07, 6.45) is 2.06. The number of rotatable bonds is 8. The van der Waals surface area contributed by atoms with E-state index in [1.165, 1.54) is 0 Å². The molecule has 2 aromatic carbocycles. The molecule has 0 aromatic heterocycles. The molecule has 2 N–H and O–H groups in total. The third kappa shape index (κ3) is 6.37. The Kier molecular flexibility index (Phi) is 8.68. The van der Waals surface area contributed by atoms with Crippen LogP contribution in [0.2, 0.25) is 0 Å². The van der Waals surface area contributed by atoms with E-state index in [1.807, 2.05) is 32.9 Å². The monoisotopic (exact) mass is 465 g/mol. The van der Waals surface area contributed by atoms with E-state index in [4.69, 9.17) is 4.74 Å². The van der Waals surface area contributed by atoms with Gasteiger partial charge in [0.25, 0.3) is 11.8 Å². The van der Waals surface area contributed by atoms with E-state index in [2.05, 4.69) is 10.6 Å². The number of nitrogens with one attached hydrogen (secondary N) is 2. The number of aryl methyl sites for hydroxylation is 1. The summed E-state index contributed by atoms with van der Waals surface area (Å²) in [5, 5.41) is 5.99. The second kappa shape index (κ2) is 11.7. The number of carbonyl (C=O) groups is 3. The number of amides is 3. The first-order valence-corrected chi connectivity index (χ1v) is 11.9. The Morgan fingerprint density at radius 2 is 1.71 bits per heavy atom. The summed E-state index contributed by atoms with van der Waals surface area (Å²) in [5.74, 6) is 0.0855. The molecule has 1 heterocycles. The molecule has 0 radical (unpaired) electrons. The first-order valence-electron chi connectivity index (χ1n) is 11.9. The Hall–Kier alpha value is -3.35. The standard InChI is InChI=1S/C27H35N3O4/c1-5-19(3)28-26(32)24(29-25(31)21-11-9-18(2)10-12-21)20-13-15-30(16-14-20)27(33)22-7-6-8-23(17-22)34-4/h6-12,17,19-20,24H,5,13-16H2,1-4H3,(H,28,32)(H,29,31)/t19-,24+/m0/s1. The van der Waals surface area contributed by atoms with Crippen LogP contribution in [0.5, 0.6) is 5.75 Å². The van der Waals surface area contributed by atoms with Gasteiger partial charge in [0, 0.05) is 30.3 Å². The predicted molar refractivity (Wildman–Crippen MR) is 132 cm³/mol. The van der Waals surface area contributed by atoms with Gasteiger partial charge in [0.05, 0.1) is 7.11 Å². The van der Waals surface area contributed by atoms with Crippen LogP contribution in [-0.2, 0) is 4.79 Å². The van der Waals surface area contributed by atoms with Gasteiger partial charge < -0.3 is 20.3 Å². The van der Waals surface area contributed by atoms with Crippen LogP contribution in [0.15, 0.2) is 48.5 Å². The summed E-state index contributed by atoms with van der Waals surface area (Å²) < 4.78 is 5.23. The van der Waals surface area contributed by atoms with Gasteiger partial charge >= 0.3 is 0 Å². The Balaban J connectivity index is 1.70. The van der Waals surface area contributed by atoms with Gasteiger partial charge in [-0.25, -0.2) is 0 Å². The summed E-state index contributed by atoms with van der Waals surface area (Å²) in [6, 6.07) is 13.8. The first kappa shape index (κ1) is 25.3. The van der Waals surface area contributed by atoms with E-state index < -0.39 is 6.04 Å². The summed E-state index contributed by atoms with van der Waals surface area (Å²) in [4.78, 5) is 40.8. The lowest BCUT2D eigenvalue weighted by Gasteiger charge is -2.36. The number of likely N-dealkylation sites (tertiary alicyclic amines) is 1. The fourth-order valence-electron chi connectivity index (χ4n) is 4.14. The van der Waals surface area contributed by atoms with Crippen LogP contribution in [-0.4, -0.2) is 54.9 Å². The Labute approximate surface area is 201 Å². The SMILES string of the molecule is CC[C@H](C)NC(=O)[C@H](NC(=O)c1ccc(C)cc1)C1CCN(C(=O)c2cccc(OC)c2)CC1. The van der Waals surface area contributed by atoms with Crippen molar-refractivity contribution < 1.29 is 19.1 Å². The highest BCUT2D eigenvalue weighted by molar-refractivity contribution is 5.98. The van der Waals surface area contributed by atoms with Crippen LogP contribution in [0.3, 0.4) is 0 Å². The first-order chi connectivity index (χ1) is 16.3. The van der Waals surface area contributed by atoms with Gasteiger partial charge in [-0.15, -0.1) is 0 Å². The van der Waals surface area contributed by atoms with E-state index in [0.29, 0.717) is 42.8 Å². The Morgan fingerprint density at radius 3 is 2.32 bits per heavy atom. The van der Waals surface area contributed by atoms with Gasteiger partial charge in [-0.3, -0.25) is 14.4 Å². The number of methoxy groups -OCH3 is 1. The molecule has 0 aliphatic carbocycles. The van der Waals surface area contributed by atoms with Gasteiger partial charge in [0.1, 0.15) is 11.8 Å². The molecule has 3 amide bonds. The predicted octanol–water partition coefficient (Wildman–Crippen LogP) is 3.57. The van der Waals surface area contributed by atoms with Crippen molar-refractivity contribution in [1.82, 2.24) is 15.5 Å². The molecule has 0 bridgehead atoms. The van der Waals surface area contributed by atoms with Crippen molar-refractivity contribution in [2.24, 2.45) is 5.92 Å². The molecule has 7 heteroatoms. The van der Waals surface area contributed by atoms with Gasteiger partial charge in [0.2, 0.25) is 5.91 Å². The van der Waals surface area contributed by atoms with Crippen LogP contribution >= 0.6 is 0 Å². The van der Waals surface area contributed by atoms with Crippen molar-refractivity contribution in [2.45, 2.75) is 52.1 Å². The van der Waals surface area contributed by atoms with Crippen LogP contribution in [0.4, 0.5) is 0 Å². The van der Waals surface area contributed by atoms with Gasteiger partial charge in [0.15, 0.2) is 0 Å². The zero-order valence-corrected chi connectivity index (χ0v) is 20.5. The average molecular weight is 466 g/mol. The van der Waals surface area contributed by atoms with Crippen LogP contribution in [0.25, 0.3) is 0 Å². The maximum Gasteiger partial charge on any atom is 0.253 e. The second-order valence-electron chi connectivity index (χ2n) is 9.00. The molecule has 1 aliphatic heterocycles. The van der Waals surface area contributed by atoms with Crippen LogP contribution in [0.1, 0.15) is 59.4 Å². The molecule has 34 heavy (non-hydrogen) atoms. The van der Waals surface area contributed by atoms with Crippen molar-refractivity contribution in [3.8, 4) is 5.75 Å². The number of ether oxygens (including phenoxy) is 1. The normalized spacial score (nSPS) is 15.8. The van der Waals surface area contributed by atoms with Gasteiger partial charge in [-0.2, -0.15) is 0 Å². The minimum atomic E-state index is -0.656. The zero-order chi connectivity index (χ0) is 24.7. The molecular formula is C27H35N3O4. The Morgan fingerprint density at radius 1 is 1.03 bits per heavy atom. The average Bonchev–Trinajstić information content (AvgIpc) is 2.87. The number of carbonyl (C=O) groups excluding carboxylic acids is 3. The Bertz CT molecular complexity index is 997. The molecule has 1 aliphatic rings. The minimum absolute atomic E-state index is 0.0148. The van der Waals surface area contributed by atoms with E-state index in [9.17, 15) is 14.4 Å². The van der Waals surface area contributed by atoms with Crippen molar-refractivity contribution in [3.63, 3.8) is 0 Å². The summed E-state index contributed by atoms with van der Waals surface area (Å²) in [7, 11) is 1.57. The highest BCUT2D eigenvalue weighted by Gasteiger charge is 2.34. The van der Waals surface area contributed by atoms with Crippen molar-refractivity contribution >= 4 is 17.7 Å². The maximum atomic E-state index is 13.1. The van der Waals surface area contributed by atoms with Crippen molar-refractivity contribution in [2.75, 3.05) is 20.2 Å². The summed E-state index contributed by atoms with van der Waals surface area (Å²) in [5.41, 5.74) is 2.17. The van der Waals surface area contributed by atoms with E-state index in [-0.39, 0.29) is 29.7 Å². The molecule has 0 spiro atoms. The smallest absolute Gasteiger partial charge is 0.253 e. The molecule has 1 saturated heterocycles. The fourth-order valence-corrected chi connectivity index (χ4v) is 4.14. The summed E-state index contributed by atoms with van der Waals surface area (Å²) in [6.45, 7) is 6.97. The second-order valence-corrected chi connectivity index (χ2v) is 9.00. The quantitative estimate of drug-likeness (QED) is 0.624. The largest absolute Gasteiger partial charge is 0.497 e. The van der Waals surface area contributed by atoms with Crippen molar-refractivity contribution in [1.29, 1.82) is 0 Å². The van der Waals surface area contributed by atoms with Crippen molar-refractivity contribution in [3.05, 3.63) is 65.2 Å². The molecule has 2 atom stereocenters. The molecule has 0 saturated carbocycles. The molecule has 2 aromatic rings. The third-order valence-corrected chi connectivity index (χ3v) is 6.50. The molecule has 1 fully saturated rings. The summed E-state index contributed by atoms with van der Waals surface area (Å²) >= 11 is 0. The lowest BCUT2D eigenvalue weighted by atomic mass is 9.88. The number of nitrogens with zero attached hydrogens (tertiary/aromatic N) is 1. The fraction of sp³-hybridized carbons (Fsp3) is 0.444. The van der Waals surface area contributed by atoms with Crippen LogP contribution in [0, 0.1) is 12.8 Å². The molecule has 7 nitrogen and oxygen atoms in total. The van der Waals surface area contributed by atoms with E-state index >= 15 is 0 Å². The van der Waals surface area contributed by atoms with Gasteiger partial charge in [-0.05, 0) is 69.4 Å². The number of piperidine rings is 1. The highest BCUT2D eigenvalue weighted by Crippen LogP contribution is 2.24. The maximum absolute atomic E-state index is 13.1. The third-order valence-electron chi connectivity index (χ3n) is 6.50. The molecular weight excluding hydrogens is 430 g/mol. The number of hydrogen-bond acceptors (Lipinski definition) is 4. The molecule has 3 rings (SSSR count). The topological polar surface area (TPSA) is 87.7 Å².